The first-order chi connectivity index (χ1) is 11.5. The zero-order valence-corrected chi connectivity index (χ0v) is 14.3. The van der Waals surface area contributed by atoms with Gasteiger partial charge in [-0.3, -0.25) is 0 Å². The van der Waals surface area contributed by atoms with Gasteiger partial charge in [-0.05, 0) is 66.2 Å². The van der Waals surface area contributed by atoms with Crippen LogP contribution in [0, 0.1) is 11.6 Å². The maximum absolute atomic E-state index is 13.3. The first-order valence-electron chi connectivity index (χ1n) is 7.35. The molecular formula is C19H15ClF2OP+. The lowest BCUT2D eigenvalue weighted by Gasteiger charge is -2.20. The van der Waals surface area contributed by atoms with Crippen LogP contribution < -0.4 is 10.6 Å². The third kappa shape index (κ3) is 3.64. The molecule has 122 valence electrons. The Labute approximate surface area is 145 Å². The first-order valence-corrected chi connectivity index (χ1v) is 9.65. The van der Waals surface area contributed by atoms with Crippen LogP contribution in [0.3, 0.4) is 0 Å². The van der Waals surface area contributed by atoms with E-state index in [2.05, 4.69) is 0 Å². The molecule has 0 bridgehead atoms. The molecule has 0 heterocycles. The summed E-state index contributed by atoms with van der Waals surface area (Å²) in [5.74, 6) is -0.730. The lowest BCUT2D eigenvalue weighted by molar-refractivity contribution is 0.618. The summed E-state index contributed by atoms with van der Waals surface area (Å²) in [6.07, 6.45) is 0.363. The summed E-state index contributed by atoms with van der Waals surface area (Å²) in [6.45, 7) is 0. The molecule has 0 aromatic heterocycles. The SMILES string of the molecule is O[P+](Cc1ccc(Cl)cc1)(c1ccc(F)cc1)c1ccc(F)cc1. The van der Waals surface area contributed by atoms with Crippen molar-refractivity contribution in [1.29, 1.82) is 0 Å². The number of rotatable bonds is 4. The van der Waals surface area contributed by atoms with Crippen LogP contribution in [-0.2, 0) is 6.16 Å². The fraction of sp³-hybridized carbons (Fsp3) is 0.0526. The minimum atomic E-state index is -2.83. The number of hydrogen-bond donors (Lipinski definition) is 1. The molecule has 1 N–H and O–H groups in total. The Balaban J connectivity index is 2.07. The molecule has 24 heavy (non-hydrogen) atoms. The minimum Gasteiger partial charge on any atom is -0.240 e. The molecule has 0 aliphatic heterocycles. The van der Waals surface area contributed by atoms with Crippen LogP contribution in [0.1, 0.15) is 5.56 Å². The van der Waals surface area contributed by atoms with Crippen molar-refractivity contribution in [3.05, 3.63) is 95.0 Å². The zero-order chi connectivity index (χ0) is 17.2. The molecule has 3 aromatic carbocycles. The van der Waals surface area contributed by atoms with E-state index in [4.69, 9.17) is 11.6 Å². The summed E-state index contributed by atoms with van der Waals surface area (Å²) in [5.41, 5.74) is 0.906. The van der Waals surface area contributed by atoms with E-state index in [0.29, 0.717) is 21.8 Å². The average molecular weight is 364 g/mol. The van der Waals surface area contributed by atoms with E-state index < -0.39 is 7.49 Å². The Hall–Kier alpha value is -1.80. The zero-order valence-electron chi connectivity index (χ0n) is 12.7. The van der Waals surface area contributed by atoms with Gasteiger partial charge in [-0.15, -0.1) is 0 Å². The highest BCUT2D eigenvalue weighted by molar-refractivity contribution is 7.83. The van der Waals surface area contributed by atoms with Crippen LogP contribution in [-0.4, -0.2) is 4.89 Å². The Morgan fingerprint density at radius 3 is 1.54 bits per heavy atom. The molecule has 0 fully saturated rings. The summed E-state index contributed by atoms with van der Waals surface area (Å²) in [4.78, 5) is 11.5. The molecule has 1 nitrogen and oxygen atoms in total. The second-order valence-corrected chi connectivity index (χ2v) is 8.83. The van der Waals surface area contributed by atoms with E-state index in [-0.39, 0.29) is 11.6 Å². The van der Waals surface area contributed by atoms with E-state index >= 15 is 0 Å². The van der Waals surface area contributed by atoms with Gasteiger partial charge in [-0.2, -0.15) is 0 Å². The highest BCUT2D eigenvalue weighted by Gasteiger charge is 2.41. The fourth-order valence-corrected chi connectivity index (χ4v) is 5.37. The smallest absolute Gasteiger partial charge is 0.210 e. The standard InChI is InChI=1S/C19H15ClF2OP/c20-15-3-1-14(2-4-15)13-24(23,18-9-5-16(21)6-10-18)19-11-7-17(22)8-12-19/h1-12,23H,13H2/q+1. The molecule has 0 unspecified atom stereocenters. The van der Waals surface area contributed by atoms with Gasteiger partial charge in [-0.25, -0.2) is 13.7 Å². The molecular weight excluding hydrogens is 349 g/mol. The molecule has 0 radical (unpaired) electrons. The van der Waals surface area contributed by atoms with Crippen LogP contribution >= 0.6 is 19.1 Å². The van der Waals surface area contributed by atoms with Crippen LogP contribution in [0.4, 0.5) is 8.78 Å². The van der Waals surface area contributed by atoms with Gasteiger partial charge in [0.25, 0.3) is 0 Å². The van der Waals surface area contributed by atoms with E-state index in [0.717, 1.165) is 5.56 Å². The van der Waals surface area contributed by atoms with Crippen LogP contribution in [0.2, 0.25) is 5.02 Å². The molecule has 0 spiro atoms. The van der Waals surface area contributed by atoms with Gasteiger partial charge in [0.1, 0.15) is 28.4 Å². The summed E-state index contributed by atoms with van der Waals surface area (Å²) in [5, 5.41) is 1.90. The third-order valence-electron chi connectivity index (χ3n) is 3.83. The van der Waals surface area contributed by atoms with Crippen molar-refractivity contribution in [3.8, 4) is 0 Å². The number of benzene rings is 3. The van der Waals surface area contributed by atoms with Gasteiger partial charge >= 0.3 is 0 Å². The van der Waals surface area contributed by atoms with Gasteiger partial charge in [-0.1, -0.05) is 23.7 Å². The Bertz CT molecular complexity index is 772. The largest absolute Gasteiger partial charge is 0.240 e. The van der Waals surface area contributed by atoms with Gasteiger partial charge < -0.3 is 0 Å². The Morgan fingerprint density at radius 2 is 1.12 bits per heavy atom. The molecule has 0 saturated carbocycles. The predicted octanol–water partition coefficient (Wildman–Crippen LogP) is 4.69. The van der Waals surface area contributed by atoms with Crippen LogP contribution in [0.15, 0.2) is 72.8 Å². The summed E-state index contributed by atoms with van der Waals surface area (Å²) in [7, 11) is -2.83. The van der Waals surface area contributed by atoms with Crippen LogP contribution in [0.5, 0.6) is 0 Å². The molecule has 5 heteroatoms. The number of halogens is 3. The van der Waals surface area contributed by atoms with E-state index in [1.165, 1.54) is 24.3 Å². The summed E-state index contributed by atoms with van der Waals surface area (Å²) in [6, 6.07) is 18.9. The van der Waals surface area contributed by atoms with Gasteiger partial charge in [0.05, 0.1) is 0 Å². The van der Waals surface area contributed by atoms with Crippen LogP contribution in [0.25, 0.3) is 0 Å². The second-order valence-electron chi connectivity index (χ2n) is 5.51. The predicted molar refractivity (Wildman–Crippen MR) is 96.4 cm³/mol. The second kappa shape index (κ2) is 6.98. The maximum atomic E-state index is 13.3. The van der Waals surface area contributed by atoms with Gasteiger partial charge in [0, 0.05) is 5.02 Å². The highest BCUT2D eigenvalue weighted by atomic mass is 35.5. The van der Waals surface area contributed by atoms with Crippen molar-refractivity contribution in [3.63, 3.8) is 0 Å². The van der Waals surface area contributed by atoms with Crippen molar-refractivity contribution in [2.75, 3.05) is 0 Å². The van der Waals surface area contributed by atoms with Crippen molar-refractivity contribution in [1.82, 2.24) is 0 Å². The summed E-state index contributed by atoms with van der Waals surface area (Å²) < 4.78 is 26.5. The third-order valence-corrected chi connectivity index (χ3v) is 7.21. The summed E-state index contributed by atoms with van der Waals surface area (Å²) >= 11 is 5.91. The topological polar surface area (TPSA) is 20.2 Å². The maximum Gasteiger partial charge on any atom is 0.210 e. The minimum absolute atomic E-state index is 0.363. The first kappa shape index (κ1) is 17.0. The Kier molecular flexibility index (Phi) is 4.96. The fourth-order valence-electron chi connectivity index (χ4n) is 2.56. The molecule has 3 aromatic rings. The monoisotopic (exact) mass is 363 g/mol. The molecule has 0 aliphatic rings. The normalized spacial score (nSPS) is 11.5. The van der Waals surface area contributed by atoms with E-state index in [1.807, 2.05) is 12.1 Å². The molecule has 0 saturated heterocycles. The van der Waals surface area contributed by atoms with Crippen molar-refractivity contribution in [2.24, 2.45) is 0 Å². The van der Waals surface area contributed by atoms with Gasteiger partial charge in [0.15, 0.2) is 0 Å². The molecule has 0 aliphatic carbocycles. The van der Waals surface area contributed by atoms with Gasteiger partial charge in [0.2, 0.25) is 7.49 Å². The molecule has 3 rings (SSSR count). The van der Waals surface area contributed by atoms with Crippen molar-refractivity contribution in [2.45, 2.75) is 6.16 Å². The van der Waals surface area contributed by atoms with Crippen molar-refractivity contribution >= 4 is 29.7 Å². The highest BCUT2D eigenvalue weighted by Crippen LogP contribution is 2.55. The quantitative estimate of drug-likeness (QED) is 0.666. The van der Waals surface area contributed by atoms with Crippen molar-refractivity contribution < 1.29 is 13.7 Å². The average Bonchev–Trinajstić information content (AvgIpc) is 2.58. The van der Waals surface area contributed by atoms with E-state index in [1.54, 1.807) is 36.4 Å². The lowest BCUT2D eigenvalue weighted by atomic mass is 10.2. The Morgan fingerprint density at radius 1 is 0.708 bits per heavy atom. The number of hydrogen-bond acceptors (Lipinski definition) is 1. The molecule has 0 amide bonds. The molecule has 0 atom stereocenters. The lowest BCUT2D eigenvalue weighted by Crippen LogP contribution is -2.23. The van der Waals surface area contributed by atoms with E-state index in [9.17, 15) is 13.7 Å².